The Morgan fingerprint density at radius 1 is 1.23 bits per heavy atom. The Kier molecular flexibility index (Phi) is 4.14. The normalized spacial score (nSPS) is 24.4. The lowest BCUT2D eigenvalue weighted by molar-refractivity contribution is -0.158. The van der Waals surface area contributed by atoms with Crippen molar-refractivity contribution in [1.82, 2.24) is 0 Å². The zero-order chi connectivity index (χ0) is 16.5. The largest absolute Gasteiger partial charge is 0.479 e. The van der Waals surface area contributed by atoms with Crippen LogP contribution in [0.2, 0.25) is 0 Å². The van der Waals surface area contributed by atoms with E-state index in [-0.39, 0.29) is 5.57 Å². The summed E-state index contributed by atoms with van der Waals surface area (Å²) in [4.78, 5) is 23.4. The molecule has 6 heteroatoms. The molecule has 22 heavy (non-hydrogen) atoms. The Morgan fingerprint density at radius 2 is 1.82 bits per heavy atom. The second kappa shape index (κ2) is 5.73. The van der Waals surface area contributed by atoms with E-state index >= 15 is 0 Å². The molecule has 2 rings (SSSR count). The van der Waals surface area contributed by atoms with E-state index in [1.807, 2.05) is 0 Å². The number of carboxylic acid groups (broad SMARTS) is 2. The SMILES string of the molecule is COC1(C(=O)O)C=CC(C)=C(C(=O)O)C1c1ccc(F)cc1. The van der Waals surface area contributed by atoms with Crippen molar-refractivity contribution < 1.29 is 28.9 Å². The maximum absolute atomic E-state index is 13.1. The number of aliphatic carboxylic acids is 2. The van der Waals surface area contributed by atoms with E-state index in [1.165, 1.54) is 31.4 Å². The summed E-state index contributed by atoms with van der Waals surface area (Å²) < 4.78 is 18.3. The maximum Gasteiger partial charge on any atom is 0.341 e. The van der Waals surface area contributed by atoms with Crippen LogP contribution in [0.5, 0.6) is 0 Å². The number of ether oxygens (including phenoxy) is 1. The molecule has 1 aromatic rings. The van der Waals surface area contributed by atoms with Gasteiger partial charge in [-0.1, -0.05) is 18.2 Å². The smallest absolute Gasteiger partial charge is 0.341 e. The molecular formula is C16H15FO5. The van der Waals surface area contributed by atoms with Crippen LogP contribution in [0.1, 0.15) is 18.4 Å². The Labute approximate surface area is 126 Å². The molecule has 1 aliphatic rings. The third kappa shape index (κ3) is 2.42. The molecule has 0 aliphatic heterocycles. The van der Waals surface area contributed by atoms with Crippen LogP contribution in [0, 0.1) is 5.82 Å². The molecule has 0 spiro atoms. The highest BCUT2D eigenvalue weighted by Gasteiger charge is 2.50. The Bertz CT molecular complexity index is 674. The topological polar surface area (TPSA) is 83.8 Å². The van der Waals surface area contributed by atoms with Gasteiger partial charge in [0.1, 0.15) is 5.82 Å². The number of methoxy groups -OCH3 is 1. The van der Waals surface area contributed by atoms with Crippen molar-refractivity contribution in [2.75, 3.05) is 7.11 Å². The molecule has 116 valence electrons. The molecule has 2 unspecified atom stereocenters. The highest BCUT2D eigenvalue weighted by atomic mass is 19.1. The quantitative estimate of drug-likeness (QED) is 0.892. The fourth-order valence-electron chi connectivity index (χ4n) is 2.71. The standard InChI is InChI=1S/C16H15FO5/c1-9-7-8-16(22-2,15(20)21)13(12(9)14(18)19)10-3-5-11(17)6-4-10/h3-8,13H,1-2H3,(H,18,19)(H,20,21). The summed E-state index contributed by atoms with van der Waals surface area (Å²) in [6.45, 7) is 1.58. The van der Waals surface area contributed by atoms with Crippen LogP contribution in [0.25, 0.3) is 0 Å². The zero-order valence-electron chi connectivity index (χ0n) is 12.0. The van der Waals surface area contributed by atoms with Crippen molar-refractivity contribution in [3.05, 3.63) is 58.9 Å². The Balaban J connectivity index is 2.72. The first kappa shape index (κ1) is 15.9. The minimum Gasteiger partial charge on any atom is -0.479 e. The van der Waals surface area contributed by atoms with Crippen molar-refractivity contribution in [3.8, 4) is 0 Å². The number of hydrogen-bond acceptors (Lipinski definition) is 3. The molecule has 0 fully saturated rings. The van der Waals surface area contributed by atoms with Crippen molar-refractivity contribution in [2.45, 2.75) is 18.4 Å². The van der Waals surface area contributed by atoms with Gasteiger partial charge in [-0.25, -0.2) is 14.0 Å². The van der Waals surface area contributed by atoms with Crippen LogP contribution < -0.4 is 0 Å². The molecule has 0 aromatic heterocycles. The Hall–Kier alpha value is -2.47. The van der Waals surface area contributed by atoms with Gasteiger partial charge in [-0.2, -0.15) is 0 Å². The van der Waals surface area contributed by atoms with Crippen molar-refractivity contribution in [2.24, 2.45) is 0 Å². The number of benzene rings is 1. The van der Waals surface area contributed by atoms with Crippen molar-refractivity contribution in [3.63, 3.8) is 0 Å². The first-order valence-electron chi connectivity index (χ1n) is 6.50. The second-order valence-corrected chi connectivity index (χ2v) is 5.02. The van der Waals surface area contributed by atoms with Crippen molar-refractivity contribution >= 4 is 11.9 Å². The van der Waals surface area contributed by atoms with Gasteiger partial charge in [0.15, 0.2) is 5.60 Å². The van der Waals surface area contributed by atoms with Gasteiger partial charge in [-0.05, 0) is 36.3 Å². The number of carboxylic acids is 2. The molecule has 0 amide bonds. The van der Waals surface area contributed by atoms with Crippen molar-refractivity contribution in [1.29, 1.82) is 0 Å². The molecule has 0 saturated heterocycles. The van der Waals surface area contributed by atoms with Gasteiger partial charge in [0.2, 0.25) is 0 Å². The molecular weight excluding hydrogens is 291 g/mol. The lowest BCUT2D eigenvalue weighted by Crippen LogP contribution is -2.48. The highest BCUT2D eigenvalue weighted by Crippen LogP contribution is 2.43. The van der Waals surface area contributed by atoms with Gasteiger partial charge in [-0.15, -0.1) is 0 Å². The van der Waals surface area contributed by atoms with E-state index in [0.29, 0.717) is 11.1 Å². The van der Waals surface area contributed by atoms with Gasteiger partial charge < -0.3 is 14.9 Å². The summed E-state index contributed by atoms with van der Waals surface area (Å²) in [5.41, 5.74) is -1.16. The third-order valence-electron chi connectivity index (χ3n) is 3.83. The Morgan fingerprint density at radius 3 is 2.27 bits per heavy atom. The lowest BCUT2D eigenvalue weighted by atomic mass is 9.72. The summed E-state index contributed by atoms with van der Waals surface area (Å²) in [5.74, 6) is -4.13. The highest BCUT2D eigenvalue weighted by molar-refractivity contribution is 5.95. The molecule has 2 N–H and O–H groups in total. The minimum absolute atomic E-state index is 0.0849. The summed E-state index contributed by atoms with van der Waals surface area (Å²) in [7, 11) is 1.20. The van der Waals surface area contributed by atoms with Crippen LogP contribution in [0.4, 0.5) is 4.39 Å². The summed E-state index contributed by atoms with van der Waals surface area (Å²) in [6.07, 6.45) is 2.74. The molecule has 1 aromatic carbocycles. The first-order chi connectivity index (χ1) is 10.3. The number of allylic oxidation sites excluding steroid dienone is 2. The lowest BCUT2D eigenvalue weighted by Gasteiger charge is -2.37. The monoisotopic (exact) mass is 306 g/mol. The average molecular weight is 306 g/mol. The van der Waals surface area contributed by atoms with Gasteiger partial charge in [0, 0.05) is 7.11 Å². The van der Waals surface area contributed by atoms with E-state index in [9.17, 15) is 24.2 Å². The molecule has 0 heterocycles. The van der Waals surface area contributed by atoms with E-state index in [1.54, 1.807) is 6.92 Å². The van der Waals surface area contributed by atoms with Crippen LogP contribution in [-0.2, 0) is 14.3 Å². The van der Waals surface area contributed by atoms with E-state index < -0.39 is 29.3 Å². The summed E-state index contributed by atoms with van der Waals surface area (Å²) in [6, 6.07) is 5.05. The molecule has 1 aliphatic carbocycles. The number of carbonyl (C=O) groups is 2. The summed E-state index contributed by atoms with van der Waals surface area (Å²) in [5, 5.41) is 19.1. The fraction of sp³-hybridized carbons (Fsp3) is 0.250. The predicted molar refractivity (Wildman–Crippen MR) is 76.0 cm³/mol. The fourth-order valence-corrected chi connectivity index (χ4v) is 2.71. The zero-order valence-corrected chi connectivity index (χ0v) is 12.0. The van der Waals surface area contributed by atoms with Crippen LogP contribution in [0.15, 0.2) is 47.6 Å². The second-order valence-electron chi connectivity index (χ2n) is 5.02. The van der Waals surface area contributed by atoms with Crippen LogP contribution >= 0.6 is 0 Å². The van der Waals surface area contributed by atoms with Gasteiger partial charge in [0.25, 0.3) is 0 Å². The summed E-state index contributed by atoms with van der Waals surface area (Å²) >= 11 is 0. The predicted octanol–water partition coefficient (Wildman–Crippen LogP) is 2.35. The molecule has 2 atom stereocenters. The van der Waals surface area contributed by atoms with Crippen LogP contribution in [0.3, 0.4) is 0 Å². The van der Waals surface area contributed by atoms with Gasteiger partial charge in [-0.3, -0.25) is 0 Å². The molecule has 0 bridgehead atoms. The molecule has 0 saturated carbocycles. The van der Waals surface area contributed by atoms with E-state index in [2.05, 4.69) is 0 Å². The average Bonchev–Trinajstić information content (AvgIpc) is 2.47. The molecule has 0 radical (unpaired) electrons. The third-order valence-corrected chi connectivity index (χ3v) is 3.83. The van der Waals surface area contributed by atoms with Gasteiger partial charge in [0.05, 0.1) is 11.5 Å². The van der Waals surface area contributed by atoms with Gasteiger partial charge >= 0.3 is 11.9 Å². The van der Waals surface area contributed by atoms with E-state index in [0.717, 1.165) is 12.1 Å². The number of hydrogen-bond donors (Lipinski definition) is 2. The minimum atomic E-state index is -1.86. The van der Waals surface area contributed by atoms with Crippen LogP contribution in [-0.4, -0.2) is 34.9 Å². The first-order valence-corrected chi connectivity index (χ1v) is 6.50. The maximum atomic E-state index is 13.1. The van der Waals surface area contributed by atoms with E-state index in [4.69, 9.17) is 4.74 Å². The number of rotatable bonds is 4. The molecule has 5 nitrogen and oxygen atoms in total. The number of halogens is 1.